The van der Waals surface area contributed by atoms with Crippen LogP contribution in [0.1, 0.15) is 26.1 Å². The number of para-hydroxylation sites is 1. The highest BCUT2D eigenvalue weighted by Crippen LogP contribution is 2.17. The zero-order valence-electron chi connectivity index (χ0n) is 17.1. The van der Waals surface area contributed by atoms with Crippen molar-refractivity contribution >= 4 is 28.3 Å². The van der Waals surface area contributed by atoms with Crippen molar-refractivity contribution in [1.82, 2.24) is 19.2 Å². The minimum atomic E-state index is -1.03. The molecule has 0 aliphatic heterocycles. The van der Waals surface area contributed by atoms with Gasteiger partial charge >= 0.3 is 0 Å². The van der Waals surface area contributed by atoms with E-state index in [0.29, 0.717) is 29.0 Å². The fraction of sp³-hybridized carbons (Fsp3) is 0.273. The number of rotatable bonds is 6. The number of amides is 1. The van der Waals surface area contributed by atoms with Gasteiger partial charge in [-0.15, -0.1) is 10.2 Å². The largest absolute Gasteiger partial charge is 0.326 e. The Morgan fingerprint density at radius 3 is 2.61 bits per heavy atom. The molecule has 4 aromatic rings. The number of hydrogen-bond acceptors (Lipinski definition) is 4. The predicted molar refractivity (Wildman–Crippen MR) is 113 cm³/mol. The molecule has 160 valence electrons. The van der Waals surface area contributed by atoms with Gasteiger partial charge in [-0.1, -0.05) is 26.0 Å². The Kier molecular flexibility index (Phi) is 5.50. The Labute approximate surface area is 176 Å². The van der Waals surface area contributed by atoms with Crippen LogP contribution < -0.4 is 10.9 Å². The lowest BCUT2D eigenvalue weighted by Gasteiger charge is -2.13. The number of aryl methyl sites for hydroxylation is 1. The van der Waals surface area contributed by atoms with Gasteiger partial charge in [-0.2, -0.15) is 0 Å². The molecule has 1 amide bonds. The Bertz CT molecular complexity index is 1340. The van der Waals surface area contributed by atoms with Crippen LogP contribution in [-0.4, -0.2) is 25.1 Å². The number of halogens is 2. The SMILES string of the molecule is CC(C)Cn1c(=O)c2ccccc2n2c(CCC(=O)Nc3ccc(F)c(F)c3)nnc12. The molecular weight excluding hydrogens is 404 g/mol. The Balaban J connectivity index is 1.65. The first-order valence-electron chi connectivity index (χ1n) is 9.95. The van der Waals surface area contributed by atoms with E-state index in [1.165, 1.54) is 6.07 Å². The number of nitrogens with zero attached hydrogens (tertiary/aromatic N) is 4. The van der Waals surface area contributed by atoms with Crippen molar-refractivity contribution in [3.8, 4) is 0 Å². The van der Waals surface area contributed by atoms with E-state index >= 15 is 0 Å². The van der Waals surface area contributed by atoms with E-state index < -0.39 is 11.6 Å². The number of aromatic nitrogens is 4. The summed E-state index contributed by atoms with van der Waals surface area (Å²) >= 11 is 0. The average Bonchev–Trinajstić information content (AvgIpc) is 3.16. The Morgan fingerprint density at radius 1 is 1.10 bits per heavy atom. The fourth-order valence-corrected chi connectivity index (χ4v) is 3.53. The number of anilines is 1. The minimum absolute atomic E-state index is 0.0530. The summed E-state index contributed by atoms with van der Waals surface area (Å²) in [4.78, 5) is 25.3. The van der Waals surface area contributed by atoms with Gasteiger partial charge in [0.15, 0.2) is 11.6 Å². The maximum Gasteiger partial charge on any atom is 0.262 e. The lowest BCUT2D eigenvalue weighted by molar-refractivity contribution is -0.116. The molecule has 2 aromatic carbocycles. The highest BCUT2D eigenvalue weighted by Gasteiger charge is 2.17. The summed E-state index contributed by atoms with van der Waals surface area (Å²) in [6.07, 6.45) is 0.304. The second-order valence-electron chi connectivity index (χ2n) is 7.76. The number of nitrogens with one attached hydrogen (secondary N) is 1. The molecule has 0 saturated carbocycles. The first-order valence-corrected chi connectivity index (χ1v) is 9.95. The molecular formula is C22H21F2N5O2. The van der Waals surface area contributed by atoms with E-state index in [4.69, 9.17) is 0 Å². The lowest BCUT2D eigenvalue weighted by Crippen LogP contribution is -2.25. The van der Waals surface area contributed by atoms with E-state index in [1.54, 1.807) is 21.1 Å². The molecule has 0 fully saturated rings. The summed E-state index contributed by atoms with van der Waals surface area (Å²) in [5.41, 5.74) is 0.710. The maximum absolute atomic E-state index is 13.3. The van der Waals surface area contributed by atoms with Crippen LogP contribution >= 0.6 is 0 Å². The van der Waals surface area contributed by atoms with Gasteiger partial charge in [0.05, 0.1) is 10.9 Å². The van der Waals surface area contributed by atoms with Crippen LogP contribution in [0.25, 0.3) is 16.7 Å². The molecule has 1 N–H and O–H groups in total. The van der Waals surface area contributed by atoms with Crippen molar-refractivity contribution in [2.45, 2.75) is 33.2 Å². The van der Waals surface area contributed by atoms with E-state index in [2.05, 4.69) is 15.5 Å². The van der Waals surface area contributed by atoms with E-state index in [-0.39, 0.29) is 35.9 Å². The second kappa shape index (κ2) is 8.25. The van der Waals surface area contributed by atoms with Gasteiger partial charge in [0, 0.05) is 31.1 Å². The van der Waals surface area contributed by atoms with Crippen molar-refractivity contribution in [2.24, 2.45) is 5.92 Å². The molecule has 0 aliphatic rings. The van der Waals surface area contributed by atoms with Crippen molar-refractivity contribution in [3.05, 3.63) is 70.3 Å². The van der Waals surface area contributed by atoms with E-state index in [9.17, 15) is 18.4 Å². The predicted octanol–water partition coefficient (Wildman–Crippen LogP) is 3.55. The third-order valence-electron chi connectivity index (χ3n) is 4.90. The van der Waals surface area contributed by atoms with Gasteiger partial charge in [-0.25, -0.2) is 8.78 Å². The highest BCUT2D eigenvalue weighted by molar-refractivity contribution is 5.90. The third-order valence-corrected chi connectivity index (χ3v) is 4.90. The lowest BCUT2D eigenvalue weighted by atomic mass is 10.2. The molecule has 0 saturated heterocycles. The van der Waals surface area contributed by atoms with Crippen LogP contribution in [0, 0.1) is 17.6 Å². The van der Waals surface area contributed by atoms with Crippen LogP contribution in [0.5, 0.6) is 0 Å². The fourth-order valence-electron chi connectivity index (χ4n) is 3.53. The zero-order chi connectivity index (χ0) is 22.1. The zero-order valence-corrected chi connectivity index (χ0v) is 17.1. The Morgan fingerprint density at radius 2 is 1.87 bits per heavy atom. The van der Waals surface area contributed by atoms with Crippen LogP contribution in [0.3, 0.4) is 0 Å². The minimum Gasteiger partial charge on any atom is -0.326 e. The molecule has 0 bridgehead atoms. The number of carbonyl (C=O) groups excluding carboxylic acids is 1. The number of fused-ring (bicyclic) bond motifs is 3. The summed E-state index contributed by atoms with van der Waals surface area (Å²) < 4.78 is 29.8. The average molecular weight is 425 g/mol. The summed E-state index contributed by atoms with van der Waals surface area (Å²) in [5.74, 6) is -1.20. The molecule has 0 spiro atoms. The molecule has 0 aliphatic carbocycles. The molecule has 31 heavy (non-hydrogen) atoms. The van der Waals surface area contributed by atoms with Gasteiger partial charge in [0.1, 0.15) is 5.82 Å². The summed E-state index contributed by atoms with van der Waals surface area (Å²) in [5, 5.41) is 11.5. The molecule has 2 heterocycles. The van der Waals surface area contributed by atoms with Gasteiger partial charge < -0.3 is 5.32 Å². The molecule has 7 nitrogen and oxygen atoms in total. The van der Waals surface area contributed by atoms with Crippen LogP contribution in [0.4, 0.5) is 14.5 Å². The topological polar surface area (TPSA) is 81.3 Å². The second-order valence-corrected chi connectivity index (χ2v) is 7.76. The summed E-state index contributed by atoms with van der Waals surface area (Å²) in [6.45, 7) is 4.51. The van der Waals surface area contributed by atoms with Crippen molar-refractivity contribution in [2.75, 3.05) is 5.32 Å². The molecule has 9 heteroatoms. The first-order chi connectivity index (χ1) is 14.8. The van der Waals surface area contributed by atoms with Crippen molar-refractivity contribution < 1.29 is 13.6 Å². The third kappa shape index (κ3) is 4.03. The molecule has 4 rings (SSSR count). The number of carbonyl (C=O) groups is 1. The molecule has 0 unspecified atom stereocenters. The van der Waals surface area contributed by atoms with Crippen LogP contribution in [0.15, 0.2) is 47.3 Å². The standard InChI is InChI=1S/C22H21F2N5O2/c1-13(2)12-28-21(31)15-5-3-4-6-18(15)29-19(26-27-22(28)29)9-10-20(30)25-14-7-8-16(23)17(24)11-14/h3-8,11,13H,9-10,12H2,1-2H3,(H,25,30). The first kappa shape index (κ1) is 20.6. The van der Waals surface area contributed by atoms with Crippen LogP contribution in [0.2, 0.25) is 0 Å². The van der Waals surface area contributed by atoms with Crippen molar-refractivity contribution in [3.63, 3.8) is 0 Å². The Hall–Kier alpha value is -3.62. The summed E-state index contributed by atoms with van der Waals surface area (Å²) in [6, 6.07) is 10.4. The molecule has 0 atom stereocenters. The van der Waals surface area contributed by atoms with E-state index in [1.807, 2.05) is 26.0 Å². The molecule has 0 radical (unpaired) electrons. The van der Waals surface area contributed by atoms with Gasteiger partial charge in [0.25, 0.3) is 5.56 Å². The van der Waals surface area contributed by atoms with Crippen molar-refractivity contribution in [1.29, 1.82) is 0 Å². The molecule has 2 aromatic heterocycles. The smallest absolute Gasteiger partial charge is 0.262 e. The van der Waals surface area contributed by atoms with Crippen LogP contribution in [-0.2, 0) is 17.8 Å². The number of benzene rings is 2. The van der Waals surface area contributed by atoms with Gasteiger partial charge in [0.2, 0.25) is 11.7 Å². The summed E-state index contributed by atoms with van der Waals surface area (Å²) in [7, 11) is 0. The maximum atomic E-state index is 13.3. The number of hydrogen-bond donors (Lipinski definition) is 1. The van der Waals surface area contributed by atoms with E-state index in [0.717, 1.165) is 12.1 Å². The quantitative estimate of drug-likeness (QED) is 0.512. The van der Waals surface area contributed by atoms with Gasteiger partial charge in [-0.05, 0) is 30.2 Å². The van der Waals surface area contributed by atoms with Gasteiger partial charge in [-0.3, -0.25) is 18.6 Å². The highest BCUT2D eigenvalue weighted by atomic mass is 19.2. The normalized spacial score (nSPS) is 11.5. The monoisotopic (exact) mass is 425 g/mol.